The minimum Gasteiger partial charge on any atom is -0.480 e. The van der Waals surface area contributed by atoms with Crippen molar-refractivity contribution < 1.29 is 24.2 Å². The molecule has 2 aliphatic rings. The number of nitrogens with zero attached hydrogens (tertiary/aromatic N) is 1. The molecule has 2 N–H and O–H groups in total. The van der Waals surface area contributed by atoms with Crippen LogP contribution in [0.3, 0.4) is 0 Å². The minimum atomic E-state index is -0.982. The zero-order chi connectivity index (χ0) is 16.1. The van der Waals surface area contributed by atoms with E-state index in [2.05, 4.69) is 5.32 Å². The molecule has 0 radical (unpaired) electrons. The van der Waals surface area contributed by atoms with Gasteiger partial charge in [0.15, 0.2) is 0 Å². The van der Waals surface area contributed by atoms with Crippen LogP contribution in [0.2, 0.25) is 0 Å². The van der Waals surface area contributed by atoms with Crippen LogP contribution in [0.15, 0.2) is 0 Å². The van der Waals surface area contributed by atoms with E-state index in [1.165, 1.54) is 4.90 Å². The van der Waals surface area contributed by atoms with Crippen molar-refractivity contribution in [1.29, 1.82) is 0 Å². The second kappa shape index (κ2) is 7.47. The smallest absolute Gasteiger partial charge is 0.407 e. The number of nitrogens with one attached hydrogen (secondary N) is 1. The number of ether oxygens (including phenoxy) is 1. The van der Waals surface area contributed by atoms with Gasteiger partial charge in [0.1, 0.15) is 12.1 Å². The van der Waals surface area contributed by atoms with Crippen molar-refractivity contribution in [2.24, 2.45) is 5.92 Å². The SMILES string of the molecule is CCOC(=O)N[C@H](CC1CCC1)C(=O)N1CCC[C@H]1C(=O)O. The van der Waals surface area contributed by atoms with E-state index in [-0.39, 0.29) is 12.5 Å². The lowest BCUT2D eigenvalue weighted by Crippen LogP contribution is -2.52. The first-order valence-corrected chi connectivity index (χ1v) is 7.99. The first kappa shape index (κ1) is 16.6. The van der Waals surface area contributed by atoms with Crippen LogP contribution in [0.4, 0.5) is 4.79 Å². The van der Waals surface area contributed by atoms with E-state index < -0.39 is 24.1 Å². The summed E-state index contributed by atoms with van der Waals surface area (Å²) in [5.41, 5.74) is 0. The van der Waals surface area contributed by atoms with Gasteiger partial charge in [0.2, 0.25) is 5.91 Å². The number of hydrogen-bond acceptors (Lipinski definition) is 4. The third-order valence-corrected chi connectivity index (χ3v) is 4.48. The Hall–Kier alpha value is -1.79. The lowest BCUT2D eigenvalue weighted by atomic mass is 9.80. The molecule has 0 aromatic heterocycles. The molecule has 124 valence electrons. The number of hydrogen-bond donors (Lipinski definition) is 2. The van der Waals surface area contributed by atoms with E-state index in [1.807, 2.05) is 0 Å². The molecule has 22 heavy (non-hydrogen) atoms. The minimum absolute atomic E-state index is 0.234. The number of carboxylic acids is 1. The van der Waals surface area contributed by atoms with Crippen LogP contribution >= 0.6 is 0 Å². The number of carbonyl (C=O) groups excluding carboxylic acids is 2. The van der Waals surface area contributed by atoms with Crippen LogP contribution in [-0.4, -0.2) is 53.2 Å². The lowest BCUT2D eigenvalue weighted by molar-refractivity contribution is -0.149. The van der Waals surface area contributed by atoms with E-state index in [0.717, 1.165) is 19.3 Å². The molecule has 7 nitrogen and oxygen atoms in total. The average Bonchev–Trinajstić information content (AvgIpc) is 2.90. The molecule has 0 aromatic rings. The number of carbonyl (C=O) groups is 3. The van der Waals surface area contributed by atoms with E-state index in [0.29, 0.717) is 31.7 Å². The highest BCUT2D eigenvalue weighted by Crippen LogP contribution is 2.31. The van der Waals surface area contributed by atoms with Gasteiger partial charge < -0.3 is 20.1 Å². The molecular weight excluding hydrogens is 288 g/mol. The summed E-state index contributed by atoms with van der Waals surface area (Å²) in [5.74, 6) is -0.865. The molecule has 0 aromatic carbocycles. The molecule has 2 atom stereocenters. The van der Waals surface area contributed by atoms with Crippen molar-refractivity contribution in [2.45, 2.75) is 57.5 Å². The monoisotopic (exact) mass is 312 g/mol. The highest BCUT2D eigenvalue weighted by Gasteiger charge is 2.39. The number of likely N-dealkylation sites (tertiary alicyclic amines) is 1. The largest absolute Gasteiger partial charge is 0.480 e. The highest BCUT2D eigenvalue weighted by molar-refractivity contribution is 5.89. The third-order valence-electron chi connectivity index (χ3n) is 4.48. The Labute approximate surface area is 130 Å². The lowest BCUT2D eigenvalue weighted by Gasteiger charge is -2.32. The summed E-state index contributed by atoms with van der Waals surface area (Å²) >= 11 is 0. The van der Waals surface area contributed by atoms with Crippen LogP contribution in [0.1, 0.15) is 45.4 Å². The number of carboxylic acid groups (broad SMARTS) is 1. The van der Waals surface area contributed by atoms with Gasteiger partial charge in [-0.25, -0.2) is 9.59 Å². The van der Waals surface area contributed by atoms with Crippen molar-refractivity contribution in [1.82, 2.24) is 10.2 Å². The van der Waals surface area contributed by atoms with Gasteiger partial charge in [0.05, 0.1) is 6.61 Å². The summed E-state index contributed by atoms with van der Waals surface area (Å²) in [6.45, 7) is 2.36. The molecule has 1 saturated carbocycles. The summed E-state index contributed by atoms with van der Waals surface area (Å²) in [6, 6.07) is -1.47. The topological polar surface area (TPSA) is 95.9 Å². The van der Waals surface area contributed by atoms with Gasteiger partial charge in [0, 0.05) is 6.54 Å². The second-order valence-electron chi connectivity index (χ2n) is 5.98. The number of amides is 2. The van der Waals surface area contributed by atoms with Gasteiger partial charge in [-0.15, -0.1) is 0 Å². The molecule has 0 unspecified atom stereocenters. The highest BCUT2D eigenvalue weighted by atomic mass is 16.5. The Morgan fingerprint density at radius 2 is 2.00 bits per heavy atom. The molecule has 2 fully saturated rings. The Balaban J connectivity index is 2.03. The van der Waals surface area contributed by atoms with Gasteiger partial charge in [-0.3, -0.25) is 4.79 Å². The summed E-state index contributed by atoms with van der Waals surface area (Å²) in [4.78, 5) is 37.0. The second-order valence-corrected chi connectivity index (χ2v) is 5.98. The maximum Gasteiger partial charge on any atom is 0.407 e. The van der Waals surface area contributed by atoms with Crippen molar-refractivity contribution in [2.75, 3.05) is 13.2 Å². The van der Waals surface area contributed by atoms with E-state index in [4.69, 9.17) is 4.74 Å². The van der Waals surface area contributed by atoms with E-state index in [9.17, 15) is 19.5 Å². The van der Waals surface area contributed by atoms with Gasteiger partial charge in [-0.05, 0) is 32.1 Å². The first-order valence-electron chi connectivity index (χ1n) is 7.99. The fourth-order valence-electron chi connectivity index (χ4n) is 3.09. The Morgan fingerprint density at radius 1 is 1.27 bits per heavy atom. The maximum absolute atomic E-state index is 12.7. The molecule has 7 heteroatoms. The molecule has 0 spiro atoms. The van der Waals surface area contributed by atoms with Crippen molar-refractivity contribution in [3.8, 4) is 0 Å². The molecule has 2 amide bonds. The Bertz CT molecular complexity index is 436. The van der Waals surface area contributed by atoms with Crippen molar-refractivity contribution in [3.05, 3.63) is 0 Å². The summed E-state index contributed by atoms with van der Waals surface area (Å²) in [7, 11) is 0. The molecule has 2 rings (SSSR count). The number of alkyl carbamates (subject to hydrolysis) is 1. The normalized spacial score (nSPS) is 22.8. The zero-order valence-corrected chi connectivity index (χ0v) is 12.9. The Kier molecular flexibility index (Phi) is 5.63. The summed E-state index contributed by atoms with van der Waals surface area (Å²) < 4.78 is 4.86. The quantitative estimate of drug-likeness (QED) is 0.772. The molecule has 0 bridgehead atoms. The van der Waals surface area contributed by atoms with Gasteiger partial charge in [-0.2, -0.15) is 0 Å². The van der Waals surface area contributed by atoms with Gasteiger partial charge in [0.25, 0.3) is 0 Å². The molecule has 1 saturated heterocycles. The van der Waals surface area contributed by atoms with Crippen molar-refractivity contribution >= 4 is 18.0 Å². The molecular formula is C15H24N2O5. The maximum atomic E-state index is 12.7. The van der Waals surface area contributed by atoms with Gasteiger partial charge in [-0.1, -0.05) is 19.3 Å². The average molecular weight is 312 g/mol. The predicted octanol–water partition coefficient (Wildman–Crippen LogP) is 1.37. The molecule has 1 heterocycles. The first-order chi connectivity index (χ1) is 10.5. The number of aliphatic carboxylic acids is 1. The zero-order valence-electron chi connectivity index (χ0n) is 12.9. The van der Waals surface area contributed by atoms with E-state index in [1.54, 1.807) is 6.92 Å². The molecule has 1 aliphatic heterocycles. The standard InChI is InChI=1S/C15H24N2O5/c1-2-22-15(21)16-11(9-10-5-3-6-10)13(18)17-8-4-7-12(17)14(19)20/h10-12H,2-9H2,1H3,(H,16,21)(H,19,20)/t11-,12+/m1/s1. The fourth-order valence-corrected chi connectivity index (χ4v) is 3.09. The van der Waals surface area contributed by atoms with Crippen LogP contribution in [0, 0.1) is 5.92 Å². The van der Waals surface area contributed by atoms with Crippen LogP contribution in [0.5, 0.6) is 0 Å². The van der Waals surface area contributed by atoms with Crippen molar-refractivity contribution in [3.63, 3.8) is 0 Å². The van der Waals surface area contributed by atoms with E-state index >= 15 is 0 Å². The third kappa shape index (κ3) is 3.90. The number of rotatable bonds is 6. The molecule has 1 aliphatic carbocycles. The van der Waals surface area contributed by atoms with Gasteiger partial charge >= 0.3 is 12.1 Å². The Morgan fingerprint density at radius 3 is 2.55 bits per heavy atom. The van der Waals surface area contributed by atoms with Crippen LogP contribution < -0.4 is 5.32 Å². The summed E-state index contributed by atoms with van der Waals surface area (Å²) in [5, 5.41) is 11.8. The predicted molar refractivity (Wildman–Crippen MR) is 78.3 cm³/mol. The van der Waals surface area contributed by atoms with Crippen LogP contribution in [-0.2, 0) is 14.3 Å². The summed E-state index contributed by atoms with van der Waals surface area (Å²) in [6.07, 6.45) is 4.33. The fraction of sp³-hybridized carbons (Fsp3) is 0.800. The van der Waals surface area contributed by atoms with Crippen LogP contribution in [0.25, 0.3) is 0 Å².